The van der Waals surface area contributed by atoms with E-state index in [9.17, 15) is 9.59 Å². The lowest BCUT2D eigenvalue weighted by Crippen LogP contribution is -2.39. The van der Waals surface area contributed by atoms with Crippen LogP contribution in [0.1, 0.15) is 55.9 Å². The van der Waals surface area contributed by atoms with Crippen LogP contribution in [-0.2, 0) is 4.74 Å². The van der Waals surface area contributed by atoms with E-state index in [1.54, 1.807) is 25.2 Å². The number of carbonyl (C=O) groups excluding carboxylic acids is 2. The number of hydrogen-bond acceptors (Lipinski definition) is 5. The van der Waals surface area contributed by atoms with E-state index in [4.69, 9.17) is 9.72 Å². The number of fused-ring (bicyclic) bond motifs is 1. The second-order valence-electron chi connectivity index (χ2n) is 7.23. The predicted octanol–water partition coefficient (Wildman–Crippen LogP) is 4.05. The lowest BCUT2D eigenvalue weighted by Gasteiger charge is -2.31. The molecule has 2 aromatic heterocycles. The maximum Gasteiger partial charge on any atom is 0.339 e. The summed E-state index contributed by atoms with van der Waals surface area (Å²) >= 11 is 1.71. The number of likely N-dealkylation sites (tertiary alicyclic amines) is 1. The quantitative estimate of drug-likeness (QED) is 0.677. The number of esters is 1. The number of rotatable bonds is 3. The molecule has 0 aliphatic carbocycles. The molecule has 1 aromatic carbocycles. The topological polar surface area (TPSA) is 75.3 Å². The zero-order valence-electron chi connectivity index (χ0n) is 16.2. The fourth-order valence-electron chi connectivity index (χ4n) is 3.96. The van der Waals surface area contributed by atoms with E-state index in [-0.39, 0.29) is 11.8 Å². The van der Waals surface area contributed by atoms with Crippen LogP contribution < -0.4 is 0 Å². The second kappa shape index (κ2) is 7.39. The first-order valence-corrected chi connectivity index (χ1v) is 10.2. The Hall–Kier alpha value is -2.67. The van der Waals surface area contributed by atoms with Gasteiger partial charge in [0.2, 0.25) is 0 Å². The number of aromatic amines is 1. The predicted molar refractivity (Wildman–Crippen MR) is 109 cm³/mol. The van der Waals surface area contributed by atoms with Crippen LogP contribution in [0.3, 0.4) is 0 Å². The van der Waals surface area contributed by atoms with E-state index >= 15 is 0 Å². The highest BCUT2D eigenvalue weighted by Gasteiger charge is 2.30. The molecule has 0 saturated carbocycles. The summed E-state index contributed by atoms with van der Waals surface area (Å²) in [7, 11) is 1.35. The number of benzene rings is 1. The summed E-state index contributed by atoms with van der Waals surface area (Å²) in [6, 6.07) is 8.14. The number of aryl methyl sites for hydroxylation is 1. The molecular weight excluding hydrogens is 374 g/mol. The fourth-order valence-corrected chi connectivity index (χ4v) is 5.05. The van der Waals surface area contributed by atoms with Crippen LogP contribution in [0, 0.1) is 13.8 Å². The molecule has 6 nitrogen and oxygen atoms in total. The Morgan fingerprint density at radius 1 is 1.29 bits per heavy atom. The van der Waals surface area contributed by atoms with Gasteiger partial charge in [0, 0.05) is 24.7 Å². The lowest BCUT2D eigenvalue weighted by atomic mass is 9.98. The molecule has 1 amide bonds. The minimum atomic E-state index is -0.420. The molecule has 1 aliphatic rings. The van der Waals surface area contributed by atoms with Crippen molar-refractivity contribution < 1.29 is 14.3 Å². The molecule has 1 saturated heterocycles. The summed E-state index contributed by atoms with van der Waals surface area (Å²) in [5.41, 5.74) is 3.25. The van der Waals surface area contributed by atoms with Crippen LogP contribution in [0.15, 0.2) is 24.3 Å². The Labute approximate surface area is 167 Å². The highest BCUT2D eigenvalue weighted by molar-refractivity contribution is 7.18. The Balaban J connectivity index is 1.58. The highest BCUT2D eigenvalue weighted by atomic mass is 32.1. The molecule has 3 heterocycles. The van der Waals surface area contributed by atoms with E-state index in [0.29, 0.717) is 35.6 Å². The Bertz CT molecular complexity index is 1020. The third-order valence-electron chi connectivity index (χ3n) is 5.41. The lowest BCUT2D eigenvalue weighted by molar-refractivity contribution is 0.0599. The van der Waals surface area contributed by atoms with Gasteiger partial charge in [-0.1, -0.05) is 12.1 Å². The number of methoxy groups -OCH3 is 1. The number of carbonyl (C=O) groups is 2. The van der Waals surface area contributed by atoms with Gasteiger partial charge in [-0.15, -0.1) is 11.3 Å². The van der Waals surface area contributed by atoms with Gasteiger partial charge >= 0.3 is 5.97 Å². The van der Waals surface area contributed by atoms with Crippen molar-refractivity contribution in [2.45, 2.75) is 32.6 Å². The van der Waals surface area contributed by atoms with Gasteiger partial charge < -0.3 is 14.6 Å². The second-order valence-corrected chi connectivity index (χ2v) is 8.29. The van der Waals surface area contributed by atoms with E-state index in [0.717, 1.165) is 23.4 Å². The average Bonchev–Trinajstić information content (AvgIpc) is 3.27. The number of piperidine rings is 1. The molecule has 1 fully saturated rings. The third-order valence-corrected chi connectivity index (χ3v) is 6.61. The number of para-hydroxylation sites is 1. The SMILES string of the molecule is COC(=O)c1c(C)[nH]c(C(=O)N2CCC[C@H](c3nc4ccccc4s3)C2)c1C. The summed E-state index contributed by atoms with van der Waals surface area (Å²) in [5.74, 6) is -0.246. The molecule has 146 valence electrons. The third kappa shape index (κ3) is 3.20. The maximum absolute atomic E-state index is 13.2. The number of nitrogens with one attached hydrogen (secondary N) is 1. The molecule has 28 heavy (non-hydrogen) atoms. The van der Waals surface area contributed by atoms with Crippen molar-refractivity contribution in [2.75, 3.05) is 20.2 Å². The molecule has 0 bridgehead atoms. The molecule has 7 heteroatoms. The van der Waals surface area contributed by atoms with E-state index in [1.165, 1.54) is 11.8 Å². The van der Waals surface area contributed by atoms with Crippen molar-refractivity contribution in [1.29, 1.82) is 0 Å². The van der Waals surface area contributed by atoms with Crippen molar-refractivity contribution in [2.24, 2.45) is 0 Å². The monoisotopic (exact) mass is 397 g/mol. The van der Waals surface area contributed by atoms with Gasteiger partial charge in [-0.2, -0.15) is 0 Å². The van der Waals surface area contributed by atoms with Crippen molar-refractivity contribution in [3.63, 3.8) is 0 Å². The molecule has 1 atom stereocenters. The van der Waals surface area contributed by atoms with E-state index in [2.05, 4.69) is 11.1 Å². The number of nitrogens with zero attached hydrogens (tertiary/aromatic N) is 2. The van der Waals surface area contributed by atoms with Gasteiger partial charge in [-0.05, 0) is 44.4 Å². The number of ether oxygens (including phenoxy) is 1. The Kier molecular flexibility index (Phi) is 4.93. The van der Waals surface area contributed by atoms with Gasteiger partial charge in [-0.25, -0.2) is 9.78 Å². The van der Waals surface area contributed by atoms with Crippen LogP contribution in [0.4, 0.5) is 0 Å². The summed E-state index contributed by atoms with van der Waals surface area (Å²) in [5, 5.41) is 1.09. The van der Waals surface area contributed by atoms with Crippen LogP contribution >= 0.6 is 11.3 Å². The molecular formula is C21H23N3O3S. The Morgan fingerprint density at radius 2 is 2.07 bits per heavy atom. The number of aromatic nitrogens is 2. The first kappa shape index (κ1) is 18.7. The van der Waals surface area contributed by atoms with E-state index in [1.807, 2.05) is 23.1 Å². The standard InChI is InChI=1S/C21H23N3O3S/c1-12-17(21(26)27-3)13(2)22-18(12)20(25)24-10-6-7-14(11-24)19-23-15-8-4-5-9-16(15)28-19/h4-5,8-9,14,22H,6-7,10-11H2,1-3H3/t14-/m0/s1. The molecule has 1 aliphatic heterocycles. The molecule has 1 N–H and O–H groups in total. The molecule has 0 radical (unpaired) electrons. The maximum atomic E-state index is 13.2. The van der Waals surface area contributed by atoms with Gasteiger partial charge in [0.15, 0.2) is 0 Å². The van der Waals surface area contributed by atoms with Gasteiger partial charge in [-0.3, -0.25) is 4.79 Å². The normalized spacial score (nSPS) is 17.1. The summed E-state index contributed by atoms with van der Waals surface area (Å²) in [6.07, 6.45) is 1.97. The van der Waals surface area contributed by atoms with Gasteiger partial charge in [0.1, 0.15) is 5.69 Å². The van der Waals surface area contributed by atoms with Crippen molar-refractivity contribution >= 4 is 33.4 Å². The van der Waals surface area contributed by atoms with Gasteiger partial charge in [0.05, 0.1) is 27.9 Å². The molecule has 3 aromatic rings. The number of hydrogen-bond donors (Lipinski definition) is 1. The minimum Gasteiger partial charge on any atom is -0.465 e. The zero-order valence-corrected chi connectivity index (χ0v) is 17.1. The summed E-state index contributed by atoms with van der Waals surface area (Å²) in [4.78, 5) is 34.9. The van der Waals surface area contributed by atoms with Gasteiger partial charge in [0.25, 0.3) is 5.91 Å². The fraction of sp³-hybridized carbons (Fsp3) is 0.381. The molecule has 0 spiro atoms. The first-order chi connectivity index (χ1) is 13.5. The largest absolute Gasteiger partial charge is 0.465 e. The first-order valence-electron chi connectivity index (χ1n) is 9.41. The van der Waals surface area contributed by atoms with Crippen molar-refractivity contribution in [3.8, 4) is 0 Å². The van der Waals surface area contributed by atoms with Crippen LogP contribution in [0.5, 0.6) is 0 Å². The number of thiazole rings is 1. The van der Waals surface area contributed by atoms with Crippen LogP contribution in [0.2, 0.25) is 0 Å². The smallest absolute Gasteiger partial charge is 0.339 e. The minimum absolute atomic E-state index is 0.0680. The summed E-state index contributed by atoms with van der Waals surface area (Å²) < 4.78 is 6.03. The molecule has 4 rings (SSSR count). The zero-order chi connectivity index (χ0) is 19.8. The van der Waals surface area contributed by atoms with Crippen molar-refractivity contribution in [1.82, 2.24) is 14.9 Å². The number of H-pyrrole nitrogens is 1. The highest BCUT2D eigenvalue weighted by Crippen LogP contribution is 2.33. The Morgan fingerprint density at radius 3 is 2.82 bits per heavy atom. The van der Waals surface area contributed by atoms with E-state index < -0.39 is 5.97 Å². The van der Waals surface area contributed by atoms with Crippen LogP contribution in [-0.4, -0.2) is 46.9 Å². The van der Waals surface area contributed by atoms with Crippen molar-refractivity contribution in [3.05, 3.63) is 51.8 Å². The number of amides is 1. The van der Waals surface area contributed by atoms with Crippen LogP contribution in [0.25, 0.3) is 10.2 Å². The summed E-state index contributed by atoms with van der Waals surface area (Å²) in [6.45, 7) is 4.93. The molecule has 0 unspecified atom stereocenters. The average molecular weight is 398 g/mol.